The number of aromatic hydroxyl groups is 1. The van der Waals surface area contributed by atoms with Gasteiger partial charge in [-0.1, -0.05) is 219 Å². The molecule has 12 rings (SSSR count). The molecule has 3 amide bonds. The Bertz CT molecular complexity index is 4130. The summed E-state index contributed by atoms with van der Waals surface area (Å²) in [5.41, 5.74) is 13.4. The normalized spacial score (nSPS) is 15.2. The molecule has 4 aliphatic rings. The van der Waals surface area contributed by atoms with Crippen LogP contribution < -0.4 is 19.5 Å². The summed E-state index contributed by atoms with van der Waals surface area (Å²) in [5.74, 6) is 3.90. The van der Waals surface area contributed by atoms with Gasteiger partial charge >= 0.3 is 5.97 Å². The van der Waals surface area contributed by atoms with Crippen LogP contribution in [-0.2, 0) is 55.0 Å². The molecule has 113 heavy (non-hydrogen) atoms. The monoisotopic (exact) mass is 1560 g/mol. The van der Waals surface area contributed by atoms with E-state index in [1.807, 2.05) is 153 Å². The van der Waals surface area contributed by atoms with Gasteiger partial charge in [-0.2, -0.15) is 8.42 Å². The lowest BCUT2D eigenvalue weighted by Gasteiger charge is -2.32. The first-order valence-electron chi connectivity index (χ1n) is 40.1. The highest BCUT2D eigenvalue weighted by Crippen LogP contribution is 2.39. The fourth-order valence-electron chi connectivity index (χ4n) is 15.1. The number of phenolic OH excluding ortho intramolecular Hbond substituents is 1. The Morgan fingerprint density at radius 3 is 1.05 bits per heavy atom. The molecule has 2 aliphatic carbocycles. The van der Waals surface area contributed by atoms with Crippen molar-refractivity contribution in [3.8, 4) is 23.0 Å². The summed E-state index contributed by atoms with van der Waals surface area (Å²) in [6.07, 6.45) is 19.5. The van der Waals surface area contributed by atoms with Crippen LogP contribution in [0.4, 0.5) is 0 Å². The van der Waals surface area contributed by atoms with Crippen LogP contribution in [0.5, 0.6) is 23.0 Å². The number of carboxylic acids is 1. The van der Waals surface area contributed by atoms with Crippen molar-refractivity contribution < 1.29 is 56.6 Å². The molecule has 4 N–H and O–H groups in total. The number of aryl methyl sites for hydroxylation is 4. The van der Waals surface area contributed by atoms with Gasteiger partial charge in [0.2, 0.25) is 17.7 Å². The molecule has 2 heterocycles. The first kappa shape index (κ1) is 90.8. The lowest BCUT2D eigenvalue weighted by Crippen LogP contribution is -2.39. The molecule has 4 fully saturated rings. The minimum absolute atomic E-state index is 0.0168. The summed E-state index contributed by atoms with van der Waals surface area (Å²) in [7, 11) is 9.24. The highest BCUT2D eigenvalue weighted by molar-refractivity contribution is 7.85. The SMILES string of the molecule is CNC(CN1CCCC1)c1cccc(OC)c1.COc1cccc(C(CC2CCCC2)N(C)C(=O)Cc2ccc(C)cc2)c1.COc1cccc(C(CN2CCCC2)N(C)C(=O)Cc2ccc(C)cc2)c1.CS(=O)(=O)O.Cc1ccc(CC(=O)N(C)C(CC2CCCC2)c2cccc(O)c2)cc1.Cc1ccc(CC(=O)O)cc1. The topological polar surface area (TPSA) is 219 Å². The molecule has 8 aromatic carbocycles. The number of likely N-dealkylation sites (N-methyl/N-ethyl adjacent to an activating group) is 4. The molecular weight excluding hydrogens is 1440 g/mol. The zero-order chi connectivity index (χ0) is 81.8. The number of nitrogens with zero attached hydrogens (tertiary/aromatic N) is 5. The number of nitrogens with one attached hydrogen (secondary N) is 1. The number of ether oxygens (including phenoxy) is 3. The maximum atomic E-state index is 13.0. The van der Waals surface area contributed by atoms with Crippen LogP contribution in [0, 0.1) is 39.5 Å². The first-order valence-corrected chi connectivity index (χ1v) is 42.0. The molecule has 0 aromatic heterocycles. The average molecular weight is 1560 g/mol. The van der Waals surface area contributed by atoms with E-state index in [0.29, 0.717) is 43.4 Å². The van der Waals surface area contributed by atoms with E-state index in [4.69, 9.17) is 23.9 Å². The Morgan fingerprint density at radius 2 is 0.726 bits per heavy atom. The van der Waals surface area contributed by atoms with Crippen LogP contribution >= 0.6 is 0 Å². The van der Waals surface area contributed by atoms with E-state index in [1.165, 1.54) is 118 Å². The number of phenols is 1. The van der Waals surface area contributed by atoms with Crippen LogP contribution in [0.2, 0.25) is 0 Å². The van der Waals surface area contributed by atoms with Gasteiger partial charge in [0.15, 0.2) is 0 Å². The molecule has 4 atom stereocenters. The molecule has 18 nitrogen and oxygen atoms in total. The van der Waals surface area contributed by atoms with E-state index >= 15 is 0 Å². The minimum atomic E-state index is -3.67. The van der Waals surface area contributed by atoms with E-state index in [1.54, 1.807) is 33.5 Å². The first-order chi connectivity index (χ1) is 54.2. The maximum Gasteiger partial charge on any atom is 0.307 e. The summed E-state index contributed by atoms with van der Waals surface area (Å²) < 4.78 is 42.0. The lowest BCUT2D eigenvalue weighted by atomic mass is 9.92. The van der Waals surface area contributed by atoms with Gasteiger partial charge in [0, 0.05) is 40.3 Å². The quantitative estimate of drug-likeness (QED) is 0.0352. The minimum Gasteiger partial charge on any atom is -0.508 e. The molecule has 19 heteroatoms. The predicted molar refractivity (Wildman–Crippen MR) is 455 cm³/mol. The van der Waals surface area contributed by atoms with Gasteiger partial charge in [-0.3, -0.25) is 23.7 Å². The number of carbonyl (C=O) groups excluding carboxylic acids is 3. The van der Waals surface area contributed by atoms with Crippen molar-refractivity contribution in [2.75, 3.05) is 95.0 Å². The van der Waals surface area contributed by atoms with Crippen LogP contribution in [-0.4, -0.2) is 166 Å². The van der Waals surface area contributed by atoms with E-state index in [2.05, 4.69) is 115 Å². The van der Waals surface area contributed by atoms with Crippen molar-refractivity contribution in [3.05, 3.63) is 261 Å². The van der Waals surface area contributed by atoms with E-state index in [-0.39, 0.29) is 48.0 Å². The van der Waals surface area contributed by atoms with Crippen molar-refractivity contribution in [3.63, 3.8) is 0 Å². The van der Waals surface area contributed by atoms with Crippen molar-refractivity contribution in [1.29, 1.82) is 0 Å². The second kappa shape index (κ2) is 47.3. The highest BCUT2D eigenvalue weighted by Gasteiger charge is 2.31. The van der Waals surface area contributed by atoms with Crippen LogP contribution in [0.3, 0.4) is 0 Å². The number of methoxy groups -OCH3 is 3. The van der Waals surface area contributed by atoms with Gasteiger partial charge in [-0.15, -0.1) is 0 Å². The number of aliphatic carboxylic acids is 1. The lowest BCUT2D eigenvalue weighted by molar-refractivity contribution is -0.136. The summed E-state index contributed by atoms with van der Waals surface area (Å²) in [5, 5.41) is 21.7. The summed E-state index contributed by atoms with van der Waals surface area (Å²) >= 11 is 0. The molecule has 610 valence electrons. The number of likely N-dealkylation sites (tertiary alicyclic amines) is 2. The Labute approximate surface area is 674 Å². The fourth-order valence-corrected chi connectivity index (χ4v) is 15.1. The highest BCUT2D eigenvalue weighted by atomic mass is 32.2. The van der Waals surface area contributed by atoms with Crippen molar-refractivity contribution in [2.24, 2.45) is 11.8 Å². The second-order valence-electron chi connectivity index (χ2n) is 30.9. The van der Waals surface area contributed by atoms with Gasteiger partial charge in [0.25, 0.3) is 10.1 Å². The number of benzene rings is 8. The zero-order valence-corrected chi connectivity index (χ0v) is 69.9. The molecule has 0 radical (unpaired) electrons. The smallest absolute Gasteiger partial charge is 0.307 e. The van der Waals surface area contributed by atoms with Gasteiger partial charge in [-0.05, 0) is 204 Å². The van der Waals surface area contributed by atoms with Gasteiger partial charge in [0.05, 0.1) is 71.4 Å². The summed E-state index contributed by atoms with van der Waals surface area (Å²) in [6, 6.07) is 64.7. The van der Waals surface area contributed by atoms with E-state index in [9.17, 15) is 32.7 Å². The number of hydrogen-bond donors (Lipinski definition) is 4. The molecule has 2 saturated heterocycles. The summed E-state index contributed by atoms with van der Waals surface area (Å²) in [6.45, 7) is 14.8. The molecule has 0 spiro atoms. The van der Waals surface area contributed by atoms with Crippen molar-refractivity contribution >= 4 is 33.8 Å². The maximum absolute atomic E-state index is 13.0. The Balaban J connectivity index is 0.000000198. The number of hydrogen-bond acceptors (Lipinski definition) is 13. The molecule has 2 aliphatic heterocycles. The Morgan fingerprint density at radius 1 is 0.434 bits per heavy atom. The Kier molecular flexibility index (Phi) is 38.1. The molecule has 2 saturated carbocycles. The van der Waals surface area contributed by atoms with Gasteiger partial charge in [-0.25, -0.2) is 0 Å². The largest absolute Gasteiger partial charge is 0.508 e. The number of amides is 3. The number of rotatable bonds is 27. The molecule has 4 unspecified atom stereocenters. The van der Waals surface area contributed by atoms with Gasteiger partial charge < -0.3 is 54.2 Å². The Hall–Kier alpha value is -9.37. The van der Waals surface area contributed by atoms with Crippen molar-refractivity contribution in [2.45, 2.75) is 167 Å². The average Bonchev–Trinajstić information content (AvgIpc) is 1.82. The molecule has 0 bridgehead atoms. The number of carbonyl (C=O) groups is 4. The van der Waals surface area contributed by atoms with Gasteiger partial charge in [0.1, 0.15) is 23.0 Å². The van der Waals surface area contributed by atoms with Crippen LogP contribution in [0.25, 0.3) is 0 Å². The fraction of sp³-hybridized carbons (Fsp3) is 0.447. The third-order valence-corrected chi connectivity index (χ3v) is 21.9. The van der Waals surface area contributed by atoms with E-state index < -0.39 is 16.1 Å². The molecular formula is C94H126N6O12S. The van der Waals surface area contributed by atoms with Crippen molar-refractivity contribution in [1.82, 2.24) is 29.8 Å². The van der Waals surface area contributed by atoms with Crippen LogP contribution in [0.1, 0.15) is 181 Å². The second-order valence-corrected chi connectivity index (χ2v) is 32.4. The van der Waals surface area contributed by atoms with Crippen LogP contribution in [0.15, 0.2) is 194 Å². The summed E-state index contributed by atoms with van der Waals surface area (Å²) in [4.78, 5) is 60.0. The predicted octanol–water partition coefficient (Wildman–Crippen LogP) is 17.4. The van der Waals surface area contributed by atoms with E-state index in [0.717, 1.165) is 95.2 Å². The standard InChI is InChI=1S/C24H31NO2.C23H30N2O2.C23H29NO2.C14H22N2O.C9H10O2.CH4O3S/c1-18-11-13-20(14-12-18)16-24(26)25(2)23(15-19-7-4-5-8-19)21-9-6-10-22(17-21)27-3;1-18-9-11-19(12-10-18)15-23(26)24(2)22(17-25-13-4-5-14-25)20-7-6-8-21(16-20)27-3;1-17-10-12-19(13-11-17)15-23(26)24(2)22(14-18-6-3-4-7-18)20-8-5-9-21(25)16-20;1-15-14(11-16-8-3-4-9-16)12-6-5-7-13(10-12)17-2;1-7-2-4-8(5-3-7)6-9(10)11;1-5(2,3)4/h6,9-14,17,19,23H,4-5,7-8,15-16H2,1-3H3;6-12,16,22H,4-5,13-15,17H2,1-3H3;5,8-13,16,18,22,25H,3-4,6-7,14-15H2,1-2H3;5-7,10,14-15H,3-4,8-9,11H2,1-2H3;2-5H,6H2,1H3,(H,10,11);1H3,(H,2,3,4). The zero-order valence-electron chi connectivity index (χ0n) is 69.1. The number of carboxylic acid groups (broad SMARTS) is 1. The third-order valence-electron chi connectivity index (χ3n) is 21.9. The third kappa shape index (κ3) is 32.6. The molecule has 8 aromatic rings.